The van der Waals surface area contributed by atoms with E-state index in [0.717, 1.165) is 49.4 Å². The van der Waals surface area contributed by atoms with E-state index in [0.29, 0.717) is 5.56 Å². The van der Waals surface area contributed by atoms with Crippen LogP contribution in [-0.4, -0.2) is 89.1 Å². The van der Waals surface area contributed by atoms with Crippen LogP contribution in [0.5, 0.6) is 0 Å². The zero-order valence-corrected chi connectivity index (χ0v) is 20.1. The molecule has 0 bridgehead atoms. The fourth-order valence-electron chi connectivity index (χ4n) is 3.14. The molecule has 1 amide bonds. The molecule has 0 aliphatic carbocycles. The maximum absolute atomic E-state index is 12.4. The minimum absolute atomic E-state index is 0.0554. The molecule has 9 nitrogen and oxygen atoms in total. The maximum atomic E-state index is 12.4. The second kappa shape index (κ2) is 11.2. The van der Waals surface area contributed by atoms with E-state index < -0.39 is 11.4 Å². The Kier molecular flexibility index (Phi) is 8.91. The molecule has 0 fully saturated rings. The predicted octanol–water partition coefficient (Wildman–Crippen LogP) is 1.98. The second-order valence-corrected chi connectivity index (χ2v) is 9.23. The summed E-state index contributed by atoms with van der Waals surface area (Å²) in [5, 5.41) is 20.4. The molecule has 9 heteroatoms. The number of hydrogen-bond donors (Lipinski definition) is 2. The average Bonchev–Trinajstić information content (AvgIpc) is 3.18. The number of nitrogens with zero attached hydrogens (tertiary/aromatic N) is 5. The molecule has 176 valence electrons. The number of nitrogens with one attached hydrogen (secondary N) is 1. The Morgan fingerprint density at radius 3 is 2.50 bits per heavy atom. The summed E-state index contributed by atoms with van der Waals surface area (Å²) in [4.78, 5) is 28.1. The highest BCUT2D eigenvalue weighted by Gasteiger charge is 2.27. The van der Waals surface area contributed by atoms with Crippen LogP contribution in [0.2, 0.25) is 0 Å². The van der Waals surface area contributed by atoms with Gasteiger partial charge < -0.3 is 20.2 Å². The molecule has 0 saturated heterocycles. The van der Waals surface area contributed by atoms with Gasteiger partial charge >= 0.3 is 5.97 Å². The number of carboxylic acid groups (broad SMARTS) is 1. The molecule has 0 radical (unpaired) electrons. The van der Waals surface area contributed by atoms with Gasteiger partial charge in [0, 0.05) is 24.2 Å². The van der Waals surface area contributed by atoms with Crippen molar-refractivity contribution in [3.8, 4) is 11.3 Å². The van der Waals surface area contributed by atoms with E-state index in [1.807, 2.05) is 23.9 Å². The summed E-state index contributed by atoms with van der Waals surface area (Å²) in [7, 11) is 6.27. The largest absolute Gasteiger partial charge is 0.481 e. The minimum Gasteiger partial charge on any atom is -0.481 e. The van der Waals surface area contributed by atoms with Gasteiger partial charge in [-0.05, 0) is 79.1 Å². The highest BCUT2D eigenvalue weighted by molar-refractivity contribution is 5.95. The topological polar surface area (TPSA) is 104 Å². The Balaban J connectivity index is 1.95. The van der Waals surface area contributed by atoms with Crippen LogP contribution in [0, 0.1) is 12.3 Å². The number of aryl methyl sites for hydroxylation is 1. The number of aliphatic carboxylic acids is 1. The van der Waals surface area contributed by atoms with Gasteiger partial charge in [0.15, 0.2) is 0 Å². The van der Waals surface area contributed by atoms with E-state index in [-0.39, 0.29) is 12.5 Å². The second-order valence-electron chi connectivity index (χ2n) is 9.23. The number of carbonyl (C=O) groups is 2. The number of carboxylic acids is 1. The molecule has 1 aromatic carbocycles. The summed E-state index contributed by atoms with van der Waals surface area (Å²) in [5.41, 5.74) is 2.04. The summed E-state index contributed by atoms with van der Waals surface area (Å²) in [5.74, 6) is -1.25. The number of rotatable bonds is 12. The van der Waals surface area contributed by atoms with Crippen LogP contribution in [0.3, 0.4) is 0 Å². The van der Waals surface area contributed by atoms with E-state index >= 15 is 0 Å². The van der Waals surface area contributed by atoms with Crippen molar-refractivity contribution in [3.63, 3.8) is 0 Å². The monoisotopic (exact) mass is 444 g/mol. The smallest absolute Gasteiger partial charge is 0.310 e. The maximum Gasteiger partial charge on any atom is 0.310 e. The van der Waals surface area contributed by atoms with Gasteiger partial charge in [-0.1, -0.05) is 11.3 Å². The van der Waals surface area contributed by atoms with Crippen LogP contribution in [0.4, 0.5) is 0 Å². The number of benzene rings is 1. The van der Waals surface area contributed by atoms with Crippen LogP contribution >= 0.6 is 0 Å². The first-order valence-electron chi connectivity index (χ1n) is 10.9. The van der Waals surface area contributed by atoms with Gasteiger partial charge in [0.2, 0.25) is 0 Å². The van der Waals surface area contributed by atoms with E-state index in [1.54, 1.807) is 26.0 Å². The summed E-state index contributed by atoms with van der Waals surface area (Å²) < 4.78 is 1.84. The predicted molar refractivity (Wildman–Crippen MR) is 125 cm³/mol. The first-order chi connectivity index (χ1) is 15.0. The molecule has 2 N–H and O–H groups in total. The van der Waals surface area contributed by atoms with Crippen molar-refractivity contribution in [1.82, 2.24) is 30.1 Å². The highest BCUT2D eigenvalue weighted by Crippen LogP contribution is 2.22. The van der Waals surface area contributed by atoms with Crippen molar-refractivity contribution in [1.29, 1.82) is 0 Å². The molecule has 32 heavy (non-hydrogen) atoms. The Morgan fingerprint density at radius 2 is 1.88 bits per heavy atom. The lowest BCUT2D eigenvalue weighted by atomic mass is 9.93. The Morgan fingerprint density at radius 1 is 1.16 bits per heavy atom. The van der Waals surface area contributed by atoms with Crippen LogP contribution in [0.25, 0.3) is 11.3 Å². The summed E-state index contributed by atoms with van der Waals surface area (Å²) >= 11 is 0. The SMILES string of the molecule is Cc1cc(C(=O)NCC(C)(C)C(=O)O)ccc1-c1cn(CCN(C)CCCN(C)C)nn1. The fourth-order valence-corrected chi connectivity index (χ4v) is 3.14. The lowest BCUT2D eigenvalue weighted by Crippen LogP contribution is -2.38. The van der Waals surface area contributed by atoms with E-state index in [2.05, 4.69) is 46.6 Å². The van der Waals surface area contributed by atoms with E-state index in [9.17, 15) is 14.7 Å². The van der Waals surface area contributed by atoms with Gasteiger partial charge in [0.05, 0.1) is 18.2 Å². The van der Waals surface area contributed by atoms with Gasteiger partial charge in [-0.3, -0.25) is 14.3 Å². The zero-order valence-electron chi connectivity index (χ0n) is 20.1. The number of aromatic nitrogens is 3. The van der Waals surface area contributed by atoms with Crippen molar-refractivity contribution in [3.05, 3.63) is 35.5 Å². The molecule has 0 aliphatic heterocycles. The standard InChI is InChI=1S/C23H36N6O3/c1-17-14-18(21(30)24-16-23(2,3)22(31)32)8-9-19(17)20-15-29(26-25-20)13-12-28(6)11-7-10-27(4)5/h8-9,14-15H,7,10-13,16H2,1-6H3,(H,24,30)(H,31,32). The van der Waals surface area contributed by atoms with Crippen LogP contribution in [0.1, 0.15) is 36.2 Å². The normalized spacial score (nSPS) is 11.9. The third-order valence-corrected chi connectivity index (χ3v) is 5.43. The molecule has 0 aliphatic rings. The minimum atomic E-state index is -1.02. The van der Waals surface area contributed by atoms with E-state index in [4.69, 9.17) is 0 Å². The molecule has 1 heterocycles. The van der Waals surface area contributed by atoms with Crippen molar-refractivity contribution >= 4 is 11.9 Å². The van der Waals surface area contributed by atoms with Crippen molar-refractivity contribution in [2.75, 3.05) is 47.3 Å². The Hall–Kier alpha value is -2.78. The Labute approximate surface area is 190 Å². The van der Waals surface area contributed by atoms with Gasteiger partial charge in [-0.15, -0.1) is 5.10 Å². The fraction of sp³-hybridized carbons (Fsp3) is 0.565. The van der Waals surface area contributed by atoms with Crippen LogP contribution < -0.4 is 5.32 Å². The Bertz CT molecular complexity index is 922. The quantitative estimate of drug-likeness (QED) is 0.516. The van der Waals surface area contributed by atoms with Gasteiger partial charge in [0.1, 0.15) is 5.69 Å². The molecule has 1 aromatic heterocycles. The highest BCUT2D eigenvalue weighted by atomic mass is 16.4. The van der Waals surface area contributed by atoms with Crippen molar-refractivity contribution in [2.24, 2.45) is 5.41 Å². The summed E-state index contributed by atoms with van der Waals surface area (Å²) in [6, 6.07) is 5.37. The molecule has 0 atom stereocenters. The first-order valence-corrected chi connectivity index (χ1v) is 10.9. The summed E-state index contributed by atoms with van der Waals surface area (Å²) in [6.07, 6.45) is 3.05. The molecule has 0 spiro atoms. The summed E-state index contributed by atoms with van der Waals surface area (Å²) in [6.45, 7) is 8.88. The number of carbonyl (C=O) groups excluding carboxylic acids is 1. The average molecular weight is 445 g/mol. The van der Waals surface area contributed by atoms with Gasteiger partial charge in [-0.25, -0.2) is 0 Å². The van der Waals surface area contributed by atoms with Gasteiger partial charge in [-0.2, -0.15) is 0 Å². The molecule has 0 saturated carbocycles. The molecule has 2 aromatic rings. The third-order valence-electron chi connectivity index (χ3n) is 5.43. The van der Waals surface area contributed by atoms with Crippen molar-refractivity contribution < 1.29 is 14.7 Å². The van der Waals surface area contributed by atoms with E-state index in [1.165, 1.54) is 0 Å². The molecule has 0 unspecified atom stereocenters. The number of hydrogen-bond acceptors (Lipinski definition) is 6. The van der Waals surface area contributed by atoms with Crippen LogP contribution in [0.15, 0.2) is 24.4 Å². The lowest BCUT2D eigenvalue weighted by molar-refractivity contribution is -0.146. The molecule has 2 rings (SSSR count). The number of amides is 1. The number of likely N-dealkylation sites (N-methyl/N-ethyl adjacent to an activating group) is 1. The molecular formula is C23H36N6O3. The third kappa shape index (κ3) is 7.42. The van der Waals surface area contributed by atoms with Gasteiger partial charge in [0.25, 0.3) is 5.91 Å². The lowest BCUT2D eigenvalue weighted by Gasteiger charge is -2.19. The zero-order chi connectivity index (χ0) is 23.9. The van der Waals surface area contributed by atoms with Crippen molar-refractivity contribution in [2.45, 2.75) is 33.7 Å². The molecular weight excluding hydrogens is 408 g/mol. The van der Waals surface area contributed by atoms with Crippen LogP contribution in [-0.2, 0) is 11.3 Å². The first kappa shape index (κ1) is 25.5.